The van der Waals surface area contributed by atoms with Gasteiger partial charge < -0.3 is 5.32 Å². The minimum atomic E-state index is -10.1. The van der Waals surface area contributed by atoms with Gasteiger partial charge in [0.1, 0.15) is 22.3 Å². The Balaban J connectivity index is 2.23. The lowest BCUT2D eigenvalue weighted by atomic mass is 10.3. The summed E-state index contributed by atoms with van der Waals surface area (Å²) in [7, 11) is -14.0. The first kappa shape index (κ1) is 23.7. The minimum Gasteiger partial charge on any atom is -0.368 e. The predicted octanol–water partition coefficient (Wildman–Crippen LogP) is 5.90. The van der Waals surface area contributed by atoms with Gasteiger partial charge in [0.2, 0.25) is 10.0 Å². The maximum absolute atomic E-state index is 13.2. The zero-order valence-corrected chi connectivity index (χ0v) is 18.6. The number of aromatic nitrogens is 2. The van der Waals surface area contributed by atoms with E-state index in [9.17, 15) is 33.1 Å². The second kappa shape index (κ2) is 6.77. The Hall–Kier alpha value is -1.95. The SMILES string of the molecule is CS(=O)(=O)Nc1c(C#N)nn(-c2c(Cl)cc(S(F)(F)(F)(F)F)cc2Cl)c1NCC1CC1. The van der Waals surface area contributed by atoms with E-state index in [2.05, 4.69) is 15.1 Å². The number of benzene rings is 1. The Labute approximate surface area is 183 Å². The lowest BCUT2D eigenvalue weighted by Gasteiger charge is -2.40. The van der Waals surface area contributed by atoms with Gasteiger partial charge in [0.15, 0.2) is 11.5 Å². The van der Waals surface area contributed by atoms with Crippen molar-refractivity contribution < 1.29 is 27.8 Å². The number of nitrogens with one attached hydrogen (secondary N) is 2. The van der Waals surface area contributed by atoms with E-state index in [1.165, 1.54) is 0 Å². The van der Waals surface area contributed by atoms with E-state index in [-0.39, 0.29) is 29.6 Å². The van der Waals surface area contributed by atoms with Gasteiger partial charge in [-0.15, -0.1) is 0 Å². The van der Waals surface area contributed by atoms with Crippen LogP contribution in [0.15, 0.2) is 17.0 Å². The molecule has 16 heteroatoms. The van der Waals surface area contributed by atoms with Crippen LogP contribution in [0, 0.1) is 17.2 Å². The summed E-state index contributed by atoms with van der Waals surface area (Å²) < 4.78 is 92.3. The molecule has 1 saturated carbocycles. The number of nitriles is 1. The molecule has 0 bridgehead atoms. The molecule has 0 unspecified atom stereocenters. The van der Waals surface area contributed by atoms with Gasteiger partial charge >= 0.3 is 10.2 Å². The van der Waals surface area contributed by atoms with Crippen molar-refractivity contribution >= 4 is 55.0 Å². The second-order valence-corrected chi connectivity index (χ2v) is 12.0. The van der Waals surface area contributed by atoms with Crippen LogP contribution in [0.25, 0.3) is 5.69 Å². The maximum Gasteiger partial charge on any atom is 0.310 e. The summed E-state index contributed by atoms with van der Waals surface area (Å²) in [4.78, 5) is -2.30. The lowest BCUT2D eigenvalue weighted by Crippen LogP contribution is -2.15. The first-order valence-corrected chi connectivity index (χ1v) is 13.0. The molecule has 0 radical (unpaired) electrons. The van der Waals surface area contributed by atoms with Crippen molar-refractivity contribution in [2.75, 3.05) is 22.8 Å². The number of halogens is 7. The third-order valence-corrected chi connectivity index (χ3v) is 6.46. The van der Waals surface area contributed by atoms with Gasteiger partial charge in [-0.25, -0.2) is 13.1 Å². The normalized spacial score (nSPS) is 16.9. The zero-order chi connectivity index (χ0) is 23.5. The number of nitrogens with zero attached hydrogens (tertiary/aromatic N) is 3. The van der Waals surface area contributed by atoms with E-state index >= 15 is 0 Å². The van der Waals surface area contributed by atoms with Crippen molar-refractivity contribution in [1.29, 1.82) is 5.26 Å². The van der Waals surface area contributed by atoms with Gasteiger partial charge in [0.25, 0.3) is 0 Å². The largest absolute Gasteiger partial charge is 0.368 e. The molecule has 2 N–H and O–H groups in total. The fraction of sp³-hybridized carbons (Fsp3) is 0.333. The van der Waals surface area contributed by atoms with Gasteiger partial charge in [-0.05, 0) is 30.9 Å². The van der Waals surface area contributed by atoms with Crippen molar-refractivity contribution in [3.8, 4) is 11.8 Å². The first-order valence-electron chi connectivity index (χ1n) is 8.38. The summed E-state index contributed by atoms with van der Waals surface area (Å²) in [5.41, 5.74) is -1.16. The molecule has 1 aliphatic carbocycles. The lowest BCUT2D eigenvalue weighted by molar-refractivity contribution is 0.364. The van der Waals surface area contributed by atoms with Crippen LogP contribution in [0.4, 0.5) is 30.9 Å². The van der Waals surface area contributed by atoms with Crippen molar-refractivity contribution in [2.45, 2.75) is 17.7 Å². The fourth-order valence-corrected chi connectivity index (χ4v) is 4.66. The van der Waals surface area contributed by atoms with Crippen LogP contribution >= 0.6 is 33.4 Å². The molecule has 172 valence electrons. The van der Waals surface area contributed by atoms with Crippen molar-refractivity contribution in [1.82, 2.24) is 9.78 Å². The standard InChI is InChI=1S/C15H14Cl2F5N5O2S2/c1-30(28,29)26-13-12(6-23)25-27(15(13)24-7-8-2-3-8)14-10(16)4-9(5-11(14)17)31(18,19,20,21)22/h4-5,8,24,26H,2-3,7H2,1H3. The Morgan fingerprint density at radius 2 is 1.77 bits per heavy atom. The zero-order valence-electron chi connectivity index (χ0n) is 15.5. The molecular weight excluding hydrogens is 512 g/mol. The summed E-state index contributed by atoms with van der Waals surface area (Å²) >= 11 is 11.8. The quantitative estimate of drug-likeness (QED) is 0.438. The van der Waals surface area contributed by atoms with Gasteiger partial charge in [-0.3, -0.25) is 4.72 Å². The Morgan fingerprint density at radius 1 is 1.23 bits per heavy atom. The van der Waals surface area contributed by atoms with E-state index in [1.807, 2.05) is 0 Å². The molecule has 1 aromatic carbocycles. The van der Waals surface area contributed by atoms with Crippen molar-refractivity contribution in [3.05, 3.63) is 27.9 Å². The maximum atomic E-state index is 13.2. The molecule has 0 amide bonds. The van der Waals surface area contributed by atoms with Crippen LogP contribution in [0.5, 0.6) is 0 Å². The van der Waals surface area contributed by atoms with Gasteiger partial charge in [0.05, 0.1) is 16.3 Å². The monoisotopic (exact) mass is 525 g/mol. The van der Waals surface area contributed by atoms with Crippen LogP contribution in [0.2, 0.25) is 10.0 Å². The highest BCUT2D eigenvalue weighted by atomic mass is 35.5. The molecule has 1 aromatic heterocycles. The number of sulfonamides is 1. The number of hydrogen-bond donors (Lipinski definition) is 2. The molecule has 1 heterocycles. The minimum absolute atomic E-state index is 0.00634. The predicted molar refractivity (Wildman–Crippen MR) is 109 cm³/mol. The van der Waals surface area contributed by atoms with E-state index in [0.29, 0.717) is 6.54 Å². The molecule has 0 saturated heterocycles. The van der Waals surface area contributed by atoms with Crippen LogP contribution in [-0.4, -0.2) is 31.0 Å². The van der Waals surface area contributed by atoms with Crippen LogP contribution in [0.3, 0.4) is 0 Å². The fourth-order valence-electron chi connectivity index (χ4n) is 2.63. The van der Waals surface area contributed by atoms with E-state index in [4.69, 9.17) is 23.2 Å². The van der Waals surface area contributed by atoms with Gasteiger partial charge in [-0.1, -0.05) is 42.6 Å². The molecular formula is C15H14Cl2F5N5O2S2. The number of rotatable bonds is 7. The Bertz CT molecular complexity index is 1200. The molecule has 0 spiro atoms. The summed E-state index contributed by atoms with van der Waals surface area (Å²) in [5, 5.41) is 14.4. The van der Waals surface area contributed by atoms with Crippen LogP contribution < -0.4 is 10.0 Å². The summed E-state index contributed by atoms with van der Waals surface area (Å²) in [6.07, 6.45) is 2.60. The van der Waals surface area contributed by atoms with Crippen LogP contribution in [0.1, 0.15) is 18.5 Å². The van der Waals surface area contributed by atoms with Gasteiger partial charge in [-0.2, -0.15) is 10.4 Å². The molecule has 1 aliphatic rings. The molecule has 2 aromatic rings. The third-order valence-electron chi connectivity index (χ3n) is 4.18. The first-order chi connectivity index (χ1) is 13.9. The number of hydrogen-bond acceptors (Lipinski definition) is 5. The molecule has 7 nitrogen and oxygen atoms in total. The highest BCUT2D eigenvalue weighted by Gasteiger charge is 2.65. The summed E-state index contributed by atoms with van der Waals surface area (Å²) in [5.74, 6) is 0.124. The van der Waals surface area contributed by atoms with E-state index in [1.54, 1.807) is 6.07 Å². The Kier molecular flexibility index (Phi) is 5.18. The molecule has 31 heavy (non-hydrogen) atoms. The molecule has 0 atom stereocenters. The average molecular weight is 526 g/mol. The summed E-state index contributed by atoms with van der Waals surface area (Å²) in [6, 6.07) is 1.67. The Morgan fingerprint density at radius 3 is 2.19 bits per heavy atom. The van der Waals surface area contributed by atoms with Crippen molar-refractivity contribution in [2.24, 2.45) is 5.92 Å². The smallest absolute Gasteiger partial charge is 0.310 e. The highest BCUT2D eigenvalue weighted by Crippen LogP contribution is 3.02. The van der Waals surface area contributed by atoms with Gasteiger partial charge in [0, 0.05) is 6.54 Å². The van der Waals surface area contributed by atoms with Crippen molar-refractivity contribution in [3.63, 3.8) is 0 Å². The third kappa shape index (κ3) is 5.46. The highest BCUT2D eigenvalue weighted by molar-refractivity contribution is 8.45. The molecule has 0 aliphatic heterocycles. The average Bonchev–Trinajstić information content (AvgIpc) is 3.33. The molecule has 1 fully saturated rings. The van der Waals surface area contributed by atoms with Crippen LogP contribution in [-0.2, 0) is 10.0 Å². The molecule has 3 rings (SSSR count). The summed E-state index contributed by atoms with van der Waals surface area (Å²) in [6.45, 7) is 0.327. The van der Waals surface area contributed by atoms with E-state index < -0.39 is 46.6 Å². The number of anilines is 2. The topological polar surface area (TPSA) is 99.8 Å². The van der Waals surface area contributed by atoms with E-state index in [0.717, 1.165) is 23.8 Å². The second-order valence-electron chi connectivity index (χ2n) is 7.00.